The topological polar surface area (TPSA) is 58.4 Å². The summed E-state index contributed by atoms with van der Waals surface area (Å²) in [7, 11) is 2.10. The summed E-state index contributed by atoms with van der Waals surface area (Å²) in [6, 6.07) is 4.06. The van der Waals surface area contributed by atoms with Crippen LogP contribution in [0.4, 0.5) is 17.1 Å². The normalized spacial score (nSPS) is 18.8. The van der Waals surface area contributed by atoms with Crippen LogP contribution < -0.4 is 16.0 Å². The number of nitrogens with two attached hydrogens (primary N) is 1. The van der Waals surface area contributed by atoms with Crippen LogP contribution in [0.15, 0.2) is 12.1 Å². The predicted molar refractivity (Wildman–Crippen MR) is 83.0 cm³/mol. The van der Waals surface area contributed by atoms with Crippen molar-refractivity contribution in [3.05, 3.63) is 17.7 Å². The molecule has 0 radical (unpaired) electrons. The van der Waals surface area contributed by atoms with Gasteiger partial charge >= 0.3 is 0 Å². The van der Waals surface area contributed by atoms with Crippen LogP contribution in [-0.2, 0) is 11.2 Å². The van der Waals surface area contributed by atoms with Crippen LogP contribution in [0.5, 0.6) is 0 Å². The predicted octanol–water partition coefficient (Wildman–Crippen LogP) is 2.78. The number of carbonyl (C=O) groups excluding carboxylic acids is 1. The summed E-state index contributed by atoms with van der Waals surface area (Å²) in [6.07, 6.45) is 6.71. The fourth-order valence-electron chi connectivity index (χ4n) is 3.45. The Bertz CT molecular complexity index is 521. The molecule has 3 N–H and O–H groups in total. The first kappa shape index (κ1) is 13.3. The molecule has 20 heavy (non-hydrogen) atoms. The Morgan fingerprint density at radius 3 is 2.80 bits per heavy atom. The van der Waals surface area contributed by atoms with Gasteiger partial charge in [-0.15, -0.1) is 0 Å². The minimum atomic E-state index is 0.103. The standard InChI is InChI=1S/C16H23N3O/c1-19(10-11-4-2-3-5-11)15-9-14-12(8-13(15)17)6-7-16(20)18-14/h8-9,11H,2-7,10,17H2,1H3,(H,18,20). The third-order valence-corrected chi connectivity index (χ3v) is 4.57. The Hall–Kier alpha value is -1.71. The SMILES string of the molecule is CN(CC1CCCC1)c1cc2c(cc1N)CCC(=O)N2. The zero-order valence-corrected chi connectivity index (χ0v) is 12.1. The molecule has 1 aliphatic heterocycles. The molecule has 1 aromatic rings. The number of anilines is 3. The Labute approximate surface area is 120 Å². The number of aryl methyl sites for hydroxylation is 1. The summed E-state index contributed by atoms with van der Waals surface area (Å²) in [5.41, 5.74) is 10.1. The van der Waals surface area contributed by atoms with Crippen molar-refractivity contribution in [1.82, 2.24) is 0 Å². The van der Waals surface area contributed by atoms with Gasteiger partial charge in [0.05, 0.1) is 11.4 Å². The van der Waals surface area contributed by atoms with E-state index < -0.39 is 0 Å². The minimum absolute atomic E-state index is 0.103. The maximum atomic E-state index is 11.5. The van der Waals surface area contributed by atoms with E-state index in [1.54, 1.807) is 0 Å². The first-order valence-corrected chi connectivity index (χ1v) is 7.57. The highest BCUT2D eigenvalue weighted by Crippen LogP contribution is 2.34. The van der Waals surface area contributed by atoms with Crippen LogP contribution in [0.25, 0.3) is 0 Å². The molecule has 4 nitrogen and oxygen atoms in total. The molecule has 0 spiro atoms. The van der Waals surface area contributed by atoms with E-state index in [1.807, 2.05) is 12.1 Å². The van der Waals surface area contributed by atoms with Crippen molar-refractivity contribution in [1.29, 1.82) is 0 Å². The number of fused-ring (bicyclic) bond motifs is 1. The van der Waals surface area contributed by atoms with Crippen LogP contribution in [0, 0.1) is 5.92 Å². The molecule has 4 heteroatoms. The molecule has 1 heterocycles. The number of benzene rings is 1. The van der Waals surface area contributed by atoms with Crippen molar-refractivity contribution >= 4 is 23.0 Å². The van der Waals surface area contributed by atoms with Crippen LogP contribution in [0.2, 0.25) is 0 Å². The molecule has 2 aliphatic rings. The van der Waals surface area contributed by atoms with E-state index in [-0.39, 0.29) is 5.91 Å². The second-order valence-corrected chi connectivity index (χ2v) is 6.15. The average Bonchev–Trinajstić information content (AvgIpc) is 2.91. The van der Waals surface area contributed by atoms with Gasteiger partial charge in [-0.2, -0.15) is 0 Å². The lowest BCUT2D eigenvalue weighted by Crippen LogP contribution is -2.26. The lowest BCUT2D eigenvalue weighted by atomic mass is 10.0. The molecule has 1 aliphatic carbocycles. The molecule has 0 bridgehead atoms. The van der Waals surface area contributed by atoms with E-state index in [0.717, 1.165) is 41.5 Å². The van der Waals surface area contributed by atoms with Crippen molar-refractivity contribution in [3.8, 4) is 0 Å². The van der Waals surface area contributed by atoms with Crippen LogP contribution >= 0.6 is 0 Å². The molecule has 1 amide bonds. The second kappa shape index (κ2) is 5.35. The van der Waals surface area contributed by atoms with Crippen molar-refractivity contribution in [2.45, 2.75) is 38.5 Å². The van der Waals surface area contributed by atoms with Crippen LogP contribution in [-0.4, -0.2) is 19.5 Å². The molecule has 1 aromatic carbocycles. The van der Waals surface area contributed by atoms with Gasteiger partial charge < -0.3 is 16.0 Å². The molecule has 0 unspecified atom stereocenters. The number of rotatable bonds is 3. The summed E-state index contributed by atoms with van der Waals surface area (Å²) in [5, 5.41) is 2.95. The summed E-state index contributed by atoms with van der Waals surface area (Å²) in [5.74, 6) is 0.886. The third kappa shape index (κ3) is 2.60. The Kier molecular flexibility index (Phi) is 3.55. The maximum Gasteiger partial charge on any atom is 0.224 e. The molecule has 1 fully saturated rings. The van der Waals surface area contributed by atoms with Gasteiger partial charge in [-0.1, -0.05) is 12.8 Å². The number of amides is 1. The van der Waals surface area contributed by atoms with E-state index in [0.29, 0.717) is 6.42 Å². The Balaban J connectivity index is 1.81. The monoisotopic (exact) mass is 273 g/mol. The molecular weight excluding hydrogens is 250 g/mol. The number of nitrogens with one attached hydrogen (secondary N) is 1. The highest BCUT2D eigenvalue weighted by molar-refractivity contribution is 5.95. The van der Waals surface area contributed by atoms with Gasteiger partial charge in [-0.3, -0.25) is 4.79 Å². The fourth-order valence-corrected chi connectivity index (χ4v) is 3.45. The van der Waals surface area contributed by atoms with Crippen LogP contribution in [0.3, 0.4) is 0 Å². The summed E-state index contributed by atoms with van der Waals surface area (Å²) >= 11 is 0. The molecule has 0 atom stereocenters. The lowest BCUT2D eigenvalue weighted by Gasteiger charge is -2.27. The quantitative estimate of drug-likeness (QED) is 0.833. The van der Waals surface area contributed by atoms with E-state index in [4.69, 9.17) is 5.73 Å². The van der Waals surface area contributed by atoms with Crippen molar-refractivity contribution in [3.63, 3.8) is 0 Å². The molecule has 0 aromatic heterocycles. The van der Waals surface area contributed by atoms with E-state index in [2.05, 4.69) is 17.3 Å². The molecule has 108 valence electrons. The summed E-state index contributed by atoms with van der Waals surface area (Å²) < 4.78 is 0. The first-order chi connectivity index (χ1) is 9.63. The van der Waals surface area contributed by atoms with Crippen molar-refractivity contribution in [2.75, 3.05) is 29.5 Å². The number of hydrogen-bond donors (Lipinski definition) is 2. The smallest absolute Gasteiger partial charge is 0.224 e. The minimum Gasteiger partial charge on any atom is -0.397 e. The first-order valence-electron chi connectivity index (χ1n) is 7.57. The number of carbonyl (C=O) groups is 1. The Morgan fingerprint density at radius 2 is 2.05 bits per heavy atom. The lowest BCUT2D eigenvalue weighted by molar-refractivity contribution is -0.116. The zero-order valence-electron chi connectivity index (χ0n) is 12.1. The van der Waals surface area contributed by atoms with Gasteiger partial charge in [0.25, 0.3) is 0 Å². The third-order valence-electron chi connectivity index (χ3n) is 4.57. The molecule has 0 saturated heterocycles. The van der Waals surface area contributed by atoms with E-state index in [1.165, 1.54) is 25.7 Å². The number of nitrogens with zero attached hydrogens (tertiary/aromatic N) is 1. The molecule has 1 saturated carbocycles. The highest BCUT2D eigenvalue weighted by atomic mass is 16.1. The van der Waals surface area contributed by atoms with Gasteiger partial charge in [0.15, 0.2) is 0 Å². The van der Waals surface area contributed by atoms with Gasteiger partial charge in [0.1, 0.15) is 0 Å². The Morgan fingerprint density at radius 1 is 1.30 bits per heavy atom. The largest absolute Gasteiger partial charge is 0.397 e. The maximum absolute atomic E-state index is 11.5. The number of hydrogen-bond acceptors (Lipinski definition) is 3. The zero-order chi connectivity index (χ0) is 14.1. The van der Waals surface area contributed by atoms with Crippen molar-refractivity contribution < 1.29 is 4.79 Å². The summed E-state index contributed by atoms with van der Waals surface area (Å²) in [4.78, 5) is 13.8. The highest BCUT2D eigenvalue weighted by Gasteiger charge is 2.21. The molecule has 3 rings (SSSR count). The fraction of sp³-hybridized carbons (Fsp3) is 0.562. The van der Waals surface area contributed by atoms with Gasteiger partial charge in [-0.05, 0) is 42.9 Å². The van der Waals surface area contributed by atoms with Gasteiger partial charge in [0, 0.05) is 25.7 Å². The van der Waals surface area contributed by atoms with E-state index >= 15 is 0 Å². The van der Waals surface area contributed by atoms with E-state index in [9.17, 15) is 4.79 Å². The summed E-state index contributed by atoms with van der Waals surface area (Å²) in [6.45, 7) is 1.05. The van der Waals surface area contributed by atoms with Gasteiger partial charge in [0.2, 0.25) is 5.91 Å². The van der Waals surface area contributed by atoms with Crippen molar-refractivity contribution in [2.24, 2.45) is 5.92 Å². The second-order valence-electron chi connectivity index (χ2n) is 6.15. The van der Waals surface area contributed by atoms with Gasteiger partial charge in [-0.25, -0.2) is 0 Å². The average molecular weight is 273 g/mol. The van der Waals surface area contributed by atoms with Crippen LogP contribution in [0.1, 0.15) is 37.7 Å². The molecular formula is C16H23N3O. The number of nitrogen functional groups attached to an aromatic ring is 1.